The zero-order valence-corrected chi connectivity index (χ0v) is 11.0. The van der Waals surface area contributed by atoms with Crippen LogP contribution in [0.1, 0.15) is 11.4 Å². The normalized spacial score (nSPS) is 20.1. The van der Waals surface area contributed by atoms with Gasteiger partial charge in [0.05, 0.1) is 6.54 Å². The van der Waals surface area contributed by atoms with Crippen molar-refractivity contribution in [2.45, 2.75) is 19.1 Å². The molecule has 0 aliphatic carbocycles. The van der Waals surface area contributed by atoms with E-state index in [0.717, 1.165) is 31.8 Å². The molecule has 0 N–H and O–H groups in total. The van der Waals surface area contributed by atoms with E-state index in [9.17, 15) is 0 Å². The zero-order valence-electron chi connectivity index (χ0n) is 10.2. The van der Waals surface area contributed by atoms with Crippen molar-refractivity contribution in [3.8, 4) is 5.75 Å². The fraction of sp³-hybridized carbons (Fsp3) is 0.357. The van der Waals surface area contributed by atoms with Gasteiger partial charge in [-0.2, -0.15) is 0 Å². The molecule has 2 heterocycles. The molecular weight excluding hydrogens is 244 g/mol. The molecule has 0 radical (unpaired) electrons. The van der Waals surface area contributed by atoms with Crippen LogP contribution in [-0.4, -0.2) is 29.1 Å². The van der Waals surface area contributed by atoms with E-state index in [-0.39, 0.29) is 0 Å². The maximum atomic E-state index is 5.97. The van der Waals surface area contributed by atoms with Crippen molar-refractivity contribution in [1.82, 2.24) is 9.88 Å². The van der Waals surface area contributed by atoms with Gasteiger partial charge in [-0.05, 0) is 18.6 Å². The number of thiazole rings is 1. The van der Waals surface area contributed by atoms with Crippen LogP contribution < -0.4 is 4.74 Å². The van der Waals surface area contributed by atoms with E-state index in [1.807, 2.05) is 41.9 Å². The van der Waals surface area contributed by atoms with Crippen molar-refractivity contribution in [1.29, 1.82) is 0 Å². The van der Waals surface area contributed by atoms with Crippen molar-refractivity contribution < 1.29 is 4.74 Å². The molecule has 3 rings (SSSR count). The van der Waals surface area contributed by atoms with Gasteiger partial charge in [0.25, 0.3) is 0 Å². The minimum atomic E-state index is 0.312. The molecule has 1 atom stereocenters. The third-order valence-corrected chi connectivity index (χ3v) is 3.88. The van der Waals surface area contributed by atoms with E-state index in [2.05, 4.69) is 9.88 Å². The topological polar surface area (TPSA) is 25.4 Å². The average Bonchev–Trinajstić information content (AvgIpc) is 3.03. The van der Waals surface area contributed by atoms with Gasteiger partial charge in [0, 0.05) is 24.7 Å². The van der Waals surface area contributed by atoms with Crippen molar-refractivity contribution in [3.63, 3.8) is 0 Å². The summed E-state index contributed by atoms with van der Waals surface area (Å²) in [6.07, 6.45) is 3.28. The lowest BCUT2D eigenvalue weighted by molar-refractivity contribution is 0.198. The summed E-state index contributed by atoms with van der Waals surface area (Å²) in [4.78, 5) is 6.73. The Bertz CT molecular complexity index is 472. The number of hydrogen-bond donors (Lipinski definition) is 0. The van der Waals surface area contributed by atoms with E-state index in [1.54, 1.807) is 11.3 Å². The predicted octanol–water partition coefficient (Wildman–Crippen LogP) is 2.80. The summed E-state index contributed by atoms with van der Waals surface area (Å²) in [5, 5.41) is 3.22. The fourth-order valence-corrected chi connectivity index (χ4v) is 2.91. The molecule has 1 aromatic heterocycles. The number of likely N-dealkylation sites (tertiary alicyclic amines) is 1. The molecule has 0 saturated carbocycles. The molecule has 94 valence electrons. The second-order valence-corrected chi connectivity index (χ2v) is 5.48. The summed E-state index contributed by atoms with van der Waals surface area (Å²) < 4.78 is 5.97. The van der Waals surface area contributed by atoms with Crippen LogP contribution in [0, 0.1) is 0 Å². The van der Waals surface area contributed by atoms with Gasteiger partial charge in [-0.25, -0.2) is 4.98 Å². The van der Waals surface area contributed by atoms with Gasteiger partial charge in [-0.1, -0.05) is 18.2 Å². The Kier molecular flexibility index (Phi) is 3.57. The first kappa shape index (κ1) is 11.7. The van der Waals surface area contributed by atoms with E-state index in [0.29, 0.717) is 6.10 Å². The Labute approximate surface area is 111 Å². The van der Waals surface area contributed by atoms with Gasteiger partial charge in [-0.3, -0.25) is 4.90 Å². The molecule has 18 heavy (non-hydrogen) atoms. The number of ether oxygens (including phenoxy) is 1. The van der Waals surface area contributed by atoms with E-state index < -0.39 is 0 Å². The van der Waals surface area contributed by atoms with Crippen LogP contribution in [0.4, 0.5) is 0 Å². The van der Waals surface area contributed by atoms with E-state index in [4.69, 9.17) is 4.74 Å². The lowest BCUT2D eigenvalue weighted by Crippen LogP contribution is -2.24. The molecule has 4 heteroatoms. The van der Waals surface area contributed by atoms with Crippen LogP contribution >= 0.6 is 11.3 Å². The standard InChI is InChI=1S/C14H16N2OS/c1-2-4-12(5-3-1)17-13-6-8-16(10-13)11-14-15-7-9-18-14/h1-5,7,9,13H,6,8,10-11H2/t13-/m0/s1. The second-order valence-electron chi connectivity index (χ2n) is 4.50. The summed E-state index contributed by atoms with van der Waals surface area (Å²) in [7, 11) is 0. The highest BCUT2D eigenvalue weighted by molar-refractivity contribution is 7.09. The van der Waals surface area contributed by atoms with Crippen LogP contribution in [-0.2, 0) is 6.54 Å². The summed E-state index contributed by atoms with van der Waals surface area (Å²) in [6.45, 7) is 3.04. The molecule has 0 bridgehead atoms. The lowest BCUT2D eigenvalue weighted by atomic mass is 10.3. The van der Waals surface area contributed by atoms with Crippen LogP contribution in [0.5, 0.6) is 5.75 Å². The summed E-state index contributed by atoms with van der Waals surface area (Å²) in [5.74, 6) is 0.971. The fourth-order valence-electron chi connectivity index (χ4n) is 2.25. The largest absolute Gasteiger partial charge is 0.489 e. The highest BCUT2D eigenvalue weighted by atomic mass is 32.1. The van der Waals surface area contributed by atoms with Gasteiger partial charge in [-0.15, -0.1) is 11.3 Å². The Hall–Kier alpha value is -1.39. The van der Waals surface area contributed by atoms with Crippen molar-refractivity contribution >= 4 is 11.3 Å². The SMILES string of the molecule is c1ccc(O[C@H]2CCN(Cc3nccs3)C2)cc1. The second kappa shape index (κ2) is 5.50. The third kappa shape index (κ3) is 2.89. The van der Waals surface area contributed by atoms with Crippen molar-refractivity contribution in [2.75, 3.05) is 13.1 Å². The summed E-state index contributed by atoms with van der Waals surface area (Å²) in [6, 6.07) is 10.1. The van der Waals surface area contributed by atoms with E-state index >= 15 is 0 Å². The summed E-state index contributed by atoms with van der Waals surface area (Å²) >= 11 is 1.72. The highest BCUT2D eigenvalue weighted by Gasteiger charge is 2.24. The van der Waals surface area contributed by atoms with Gasteiger partial charge >= 0.3 is 0 Å². The smallest absolute Gasteiger partial charge is 0.119 e. The summed E-state index contributed by atoms with van der Waals surface area (Å²) in [5.41, 5.74) is 0. The maximum absolute atomic E-state index is 5.97. The predicted molar refractivity (Wildman–Crippen MR) is 72.9 cm³/mol. The Morgan fingerprint density at radius 1 is 1.33 bits per heavy atom. The highest BCUT2D eigenvalue weighted by Crippen LogP contribution is 2.19. The first-order valence-electron chi connectivity index (χ1n) is 6.22. The van der Waals surface area contributed by atoms with Crippen LogP contribution in [0.15, 0.2) is 41.9 Å². The molecule has 1 aliphatic rings. The molecule has 2 aromatic rings. The molecule has 3 nitrogen and oxygen atoms in total. The number of aromatic nitrogens is 1. The van der Waals surface area contributed by atoms with Crippen LogP contribution in [0.3, 0.4) is 0 Å². The van der Waals surface area contributed by atoms with E-state index in [1.165, 1.54) is 5.01 Å². The van der Waals surface area contributed by atoms with Crippen LogP contribution in [0.2, 0.25) is 0 Å². The molecule has 0 unspecified atom stereocenters. The Balaban J connectivity index is 1.52. The molecule has 1 aromatic carbocycles. The van der Waals surface area contributed by atoms with Gasteiger partial charge in [0.1, 0.15) is 16.9 Å². The molecular formula is C14H16N2OS. The molecule has 0 spiro atoms. The van der Waals surface area contributed by atoms with Crippen molar-refractivity contribution in [3.05, 3.63) is 46.9 Å². The number of rotatable bonds is 4. The van der Waals surface area contributed by atoms with Crippen molar-refractivity contribution in [2.24, 2.45) is 0 Å². The molecule has 0 amide bonds. The number of para-hydroxylation sites is 1. The number of benzene rings is 1. The van der Waals surface area contributed by atoms with Gasteiger partial charge < -0.3 is 4.74 Å². The minimum Gasteiger partial charge on any atom is -0.489 e. The molecule has 1 saturated heterocycles. The van der Waals surface area contributed by atoms with Gasteiger partial charge in [0.15, 0.2) is 0 Å². The maximum Gasteiger partial charge on any atom is 0.119 e. The quantitative estimate of drug-likeness (QED) is 0.845. The minimum absolute atomic E-state index is 0.312. The molecule has 1 aliphatic heterocycles. The first-order valence-corrected chi connectivity index (χ1v) is 7.10. The zero-order chi connectivity index (χ0) is 12.2. The number of hydrogen-bond acceptors (Lipinski definition) is 4. The Morgan fingerprint density at radius 2 is 2.22 bits per heavy atom. The Morgan fingerprint density at radius 3 is 3.00 bits per heavy atom. The molecule has 1 fully saturated rings. The lowest BCUT2D eigenvalue weighted by Gasteiger charge is -2.15. The average molecular weight is 260 g/mol. The number of nitrogens with zero attached hydrogens (tertiary/aromatic N) is 2. The van der Waals surface area contributed by atoms with Crippen LogP contribution in [0.25, 0.3) is 0 Å². The van der Waals surface area contributed by atoms with Gasteiger partial charge in [0.2, 0.25) is 0 Å². The third-order valence-electron chi connectivity index (χ3n) is 3.12. The monoisotopic (exact) mass is 260 g/mol. The first-order chi connectivity index (χ1) is 8.90.